The van der Waals surface area contributed by atoms with Crippen molar-refractivity contribution in [3.05, 3.63) is 0 Å². The number of hydrogen-bond donors (Lipinski definition) is 1. The van der Waals surface area contributed by atoms with Crippen LogP contribution in [-0.4, -0.2) is 53.3 Å². The minimum Gasteiger partial charge on any atom is -0.480 e. The summed E-state index contributed by atoms with van der Waals surface area (Å²) >= 11 is 0. The molecular formula is C13H24N2O4S. The van der Waals surface area contributed by atoms with Crippen molar-refractivity contribution in [1.82, 2.24) is 8.61 Å². The van der Waals surface area contributed by atoms with Crippen molar-refractivity contribution in [1.29, 1.82) is 0 Å². The predicted molar refractivity (Wildman–Crippen MR) is 75.5 cm³/mol. The Morgan fingerprint density at radius 3 is 2.40 bits per heavy atom. The van der Waals surface area contributed by atoms with E-state index in [1.165, 1.54) is 8.61 Å². The van der Waals surface area contributed by atoms with Crippen molar-refractivity contribution in [3.8, 4) is 0 Å². The van der Waals surface area contributed by atoms with Gasteiger partial charge in [0.2, 0.25) is 0 Å². The zero-order valence-electron chi connectivity index (χ0n) is 12.2. The second kappa shape index (κ2) is 5.99. The third-order valence-electron chi connectivity index (χ3n) is 4.61. The Labute approximate surface area is 120 Å². The standard InChI is InChI=1S/C13H24N2O4S/c1-3-14(4-2)20(18,19)15-11-8-6-5-7-10(11)9-12(15)13(16)17/h10-12H,3-9H2,1-2H3,(H,16,17)/t10-,11-,12+/m1/s1. The SMILES string of the molecule is CCN(CC)S(=O)(=O)N1[C@@H]2CCCC[C@@H]2C[C@H]1C(=O)O. The van der Waals surface area contributed by atoms with Crippen LogP contribution in [0.15, 0.2) is 0 Å². The molecule has 6 nitrogen and oxygen atoms in total. The number of rotatable bonds is 5. The van der Waals surface area contributed by atoms with Gasteiger partial charge in [-0.05, 0) is 25.2 Å². The van der Waals surface area contributed by atoms with Crippen LogP contribution >= 0.6 is 0 Å². The van der Waals surface area contributed by atoms with Crippen molar-refractivity contribution in [2.24, 2.45) is 5.92 Å². The molecule has 116 valence electrons. The number of hydrogen-bond acceptors (Lipinski definition) is 3. The van der Waals surface area contributed by atoms with E-state index in [2.05, 4.69) is 0 Å². The summed E-state index contributed by atoms with van der Waals surface area (Å²) in [5.41, 5.74) is 0. The first-order valence-electron chi connectivity index (χ1n) is 7.44. The summed E-state index contributed by atoms with van der Waals surface area (Å²) < 4.78 is 28.2. The number of aliphatic carboxylic acids is 1. The molecule has 1 saturated carbocycles. The van der Waals surface area contributed by atoms with Crippen LogP contribution in [0.3, 0.4) is 0 Å². The van der Waals surface area contributed by atoms with E-state index in [1.807, 2.05) is 0 Å². The summed E-state index contributed by atoms with van der Waals surface area (Å²) in [4.78, 5) is 11.5. The fraction of sp³-hybridized carbons (Fsp3) is 0.923. The van der Waals surface area contributed by atoms with Crippen molar-refractivity contribution in [2.45, 2.75) is 58.0 Å². The van der Waals surface area contributed by atoms with Crippen LogP contribution in [0.5, 0.6) is 0 Å². The minimum atomic E-state index is -3.68. The van der Waals surface area contributed by atoms with Gasteiger partial charge in [-0.15, -0.1) is 0 Å². The number of carboxylic acid groups (broad SMARTS) is 1. The van der Waals surface area contributed by atoms with Gasteiger partial charge in [-0.3, -0.25) is 4.79 Å². The fourth-order valence-electron chi connectivity index (χ4n) is 3.64. The van der Waals surface area contributed by atoms with Gasteiger partial charge < -0.3 is 5.11 Å². The third-order valence-corrected chi connectivity index (χ3v) is 6.84. The van der Waals surface area contributed by atoms with E-state index in [0.717, 1.165) is 25.7 Å². The Kier molecular flexibility index (Phi) is 4.71. The van der Waals surface area contributed by atoms with Crippen LogP contribution < -0.4 is 0 Å². The molecule has 1 heterocycles. The van der Waals surface area contributed by atoms with Gasteiger partial charge in [-0.2, -0.15) is 17.0 Å². The molecule has 20 heavy (non-hydrogen) atoms. The second-order valence-corrected chi connectivity index (χ2v) is 7.46. The lowest BCUT2D eigenvalue weighted by molar-refractivity contribution is -0.141. The molecule has 2 fully saturated rings. The smallest absolute Gasteiger partial charge is 0.322 e. The third kappa shape index (κ3) is 2.58. The highest BCUT2D eigenvalue weighted by molar-refractivity contribution is 7.86. The summed E-state index contributed by atoms with van der Waals surface area (Å²) in [5, 5.41) is 9.40. The Balaban J connectivity index is 2.36. The summed E-state index contributed by atoms with van der Waals surface area (Å²) in [6.07, 6.45) is 4.25. The molecule has 0 amide bonds. The lowest BCUT2D eigenvalue weighted by Gasteiger charge is -2.35. The molecule has 2 aliphatic rings. The van der Waals surface area contributed by atoms with Gasteiger partial charge in [-0.25, -0.2) is 0 Å². The molecule has 0 bridgehead atoms. The number of nitrogens with zero attached hydrogens (tertiary/aromatic N) is 2. The summed E-state index contributed by atoms with van der Waals surface area (Å²) in [5.74, 6) is -0.815. The monoisotopic (exact) mass is 304 g/mol. The lowest BCUT2D eigenvalue weighted by atomic mass is 9.85. The van der Waals surface area contributed by atoms with Crippen LogP contribution in [0.2, 0.25) is 0 Å². The van der Waals surface area contributed by atoms with Crippen molar-refractivity contribution < 1.29 is 18.3 Å². The number of carbonyl (C=O) groups is 1. The highest BCUT2D eigenvalue weighted by Gasteiger charge is 2.51. The first kappa shape index (κ1) is 15.7. The van der Waals surface area contributed by atoms with Crippen LogP contribution in [0.25, 0.3) is 0 Å². The Morgan fingerprint density at radius 2 is 1.85 bits per heavy atom. The van der Waals surface area contributed by atoms with Gasteiger partial charge in [-0.1, -0.05) is 26.7 Å². The molecule has 0 radical (unpaired) electrons. The molecule has 0 unspecified atom stereocenters. The largest absolute Gasteiger partial charge is 0.480 e. The molecule has 0 aromatic rings. The molecular weight excluding hydrogens is 280 g/mol. The molecule has 1 N–H and O–H groups in total. The average Bonchev–Trinajstić information content (AvgIpc) is 2.79. The van der Waals surface area contributed by atoms with Gasteiger partial charge in [0.15, 0.2) is 0 Å². The van der Waals surface area contributed by atoms with Crippen molar-refractivity contribution in [2.75, 3.05) is 13.1 Å². The van der Waals surface area contributed by atoms with Crippen molar-refractivity contribution >= 4 is 16.2 Å². The van der Waals surface area contributed by atoms with E-state index in [1.54, 1.807) is 13.8 Å². The predicted octanol–water partition coefficient (Wildman–Crippen LogP) is 1.29. The molecule has 7 heteroatoms. The molecule has 2 rings (SSSR count). The molecule has 3 atom stereocenters. The van der Waals surface area contributed by atoms with Gasteiger partial charge >= 0.3 is 5.97 Å². The van der Waals surface area contributed by atoms with Gasteiger partial charge in [0.25, 0.3) is 10.2 Å². The summed E-state index contributed by atoms with van der Waals surface area (Å²) in [6.45, 7) is 4.31. The molecule has 1 saturated heterocycles. The first-order valence-corrected chi connectivity index (χ1v) is 8.84. The topological polar surface area (TPSA) is 77.9 Å². The molecule has 1 aliphatic carbocycles. The lowest BCUT2D eigenvalue weighted by Crippen LogP contribution is -2.52. The van der Waals surface area contributed by atoms with Crippen LogP contribution in [0, 0.1) is 5.92 Å². The average molecular weight is 304 g/mol. The Morgan fingerprint density at radius 1 is 1.25 bits per heavy atom. The molecule has 0 aromatic heterocycles. The minimum absolute atomic E-state index is 0.129. The Bertz CT molecular complexity index is 461. The maximum Gasteiger partial charge on any atom is 0.322 e. The van der Waals surface area contributed by atoms with Crippen LogP contribution in [0.1, 0.15) is 46.0 Å². The maximum atomic E-state index is 12.8. The van der Waals surface area contributed by atoms with Crippen LogP contribution in [-0.2, 0) is 15.0 Å². The van der Waals surface area contributed by atoms with Gasteiger partial charge in [0, 0.05) is 19.1 Å². The van der Waals surface area contributed by atoms with E-state index in [-0.39, 0.29) is 12.0 Å². The Hall–Kier alpha value is -0.660. The summed E-state index contributed by atoms with van der Waals surface area (Å²) in [7, 11) is -3.68. The van der Waals surface area contributed by atoms with E-state index in [0.29, 0.717) is 19.5 Å². The quantitative estimate of drug-likeness (QED) is 0.830. The zero-order chi connectivity index (χ0) is 14.9. The zero-order valence-corrected chi connectivity index (χ0v) is 13.0. The van der Waals surface area contributed by atoms with E-state index in [9.17, 15) is 18.3 Å². The molecule has 0 aromatic carbocycles. The highest BCUT2D eigenvalue weighted by atomic mass is 32.2. The van der Waals surface area contributed by atoms with Crippen molar-refractivity contribution in [3.63, 3.8) is 0 Å². The first-order chi connectivity index (χ1) is 9.43. The van der Waals surface area contributed by atoms with E-state index in [4.69, 9.17) is 0 Å². The molecule has 0 spiro atoms. The van der Waals surface area contributed by atoms with Crippen LogP contribution in [0.4, 0.5) is 0 Å². The summed E-state index contributed by atoms with van der Waals surface area (Å²) in [6, 6.07) is -1.02. The number of carboxylic acids is 1. The molecule has 1 aliphatic heterocycles. The highest BCUT2D eigenvalue weighted by Crippen LogP contribution is 2.41. The van der Waals surface area contributed by atoms with E-state index < -0.39 is 22.2 Å². The second-order valence-electron chi connectivity index (χ2n) is 5.62. The number of fused-ring (bicyclic) bond motifs is 1. The normalized spacial score (nSPS) is 31.4. The van der Waals surface area contributed by atoms with Gasteiger partial charge in [0.1, 0.15) is 6.04 Å². The van der Waals surface area contributed by atoms with E-state index >= 15 is 0 Å². The van der Waals surface area contributed by atoms with Gasteiger partial charge in [0.05, 0.1) is 0 Å². The fourth-order valence-corrected chi connectivity index (χ4v) is 5.68. The maximum absolute atomic E-state index is 12.8.